The molecule has 0 atom stereocenters. The highest BCUT2D eigenvalue weighted by Crippen LogP contribution is 2.39. The van der Waals surface area contributed by atoms with Crippen LogP contribution in [0.15, 0.2) is 54.6 Å². The molecule has 1 saturated carbocycles. The molecule has 36 heavy (non-hydrogen) atoms. The fraction of sp³-hybridized carbons (Fsp3) is 0.333. The van der Waals surface area contributed by atoms with Crippen LogP contribution in [0.2, 0.25) is 0 Å². The summed E-state index contributed by atoms with van der Waals surface area (Å²) in [5.74, 6) is -2.68. The fourth-order valence-corrected chi connectivity index (χ4v) is 4.79. The highest BCUT2D eigenvalue weighted by molar-refractivity contribution is 5.65. The van der Waals surface area contributed by atoms with Crippen LogP contribution in [-0.4, -0.2) is 13.7 Å². The molecule has 0 amide bonds. The van der Waals surface area contributed by atoms with E-state index in [1.54, 1.807) is 62.6 Å². The minimum atomic E-state index is -0.884. The summed E-state index contributed by atoms with van der Waals surface area (Å²) in [5.41, 5.74) is 1.58. The van der Waals surface area contributed by atoms with Gasteiger partial charge in [0.05, 0.1) is 13.7 Å². The van der Waals surface area contributed by atoms with Crippen LogP contribution in [0.1, 0.15) is 55.2 Å². The fourth-order valence-electron chi connectivity index (χ4n) is 4.79. The smallest absolute Gasteiger partial charge is 0.166 e. The van der Waals surface area contributed by atoms with Gasteiger partial charge in [-0.15, -0.1) is 0 Å². The van der Waals surface area contributed by atoms with Crippen LogP contribution in [0.5, 0.6) is 5.75 Å². The minimum Gasteiger partial charge on any atom is -0.497 e. The predicted molar refractivity (Wildman–Crippen MR) is 134 cm³/mol. The van der Waals surface area contributed by atoms with Crippen LogP contribution in [0.25, 0.3) is 17.2 Å². The Bertz CT molecular complexity index is 1210. The summed E-state index contributed by atoms with van der Waals surface area (Å²) in [7, 11) is 1.55. The van der Waals surface area contributed by atoms with E-state index >= 15 is 4.39 Å². The lowest BCUT2D eigenvalue weighted by atomic mass is 9.78. The zero-order valence-corrected chi connectivity index (χ0v) is 20.5. The largest absolute Gasteiger partial charge is 0.497 e. The van der Waals surface area contributed by atoms with Crippen molar-refractivity contribution in [3.8, 4) is 16.9 Å². The van der Waals surface area contributed by atoms with E-state index in [1.165, 1.54) is 6.07 Å². The zero-order chi connectivity index (χ0) is 25.7. The number of hydrogen-bond donors (Lipinski definition) is 0. The van der Waals surface area contributed by atoms with E-state index in [4.69, 9.17) is 9.47 Å². The molecule has 3 aromatic carbocycles. The van der Waals surface area contributed by atoms with Gasteiger partial charge in [0.15, 0.2) is 23.3 Å². The van der Waals surface area contributed by atoms with E-state index in [2.05, 4.69) is 0 Å². The third kappa shape index (κ3) is 5.65. The van der Waals surface area contributed by atoms with Gasteiger partial charge in [-0.05, 0) is 67.7 Å². The highest BCUT2D eigenvalue weighted by atomic mass is 19.2. The summed E-state index contributed by atoms with van der Waals surface area (Å²) < 4.78 is 69.0. The molecule has 0 bridgehead atoms. The first-order chi connectivity index (χ1) is 17.4. The maximum Gasteiger partial charge on any atom is 0.166 e. The molecule has 0 heterocycles. The molecule has 6 heteroatoms. The first kappa shape index (κ1) is 26.0. The van der Waals surface area contributed by atoms with Crippen LogP contribution in [-0.2, 0) is 11.3 Å². The van der Waals surface area contributed by atoms with Gasteiger partial charge in [-0.25, -0.2) is 17.6 Å². The SMILES string of the molecule is CCOCc1ccc(/C=C/C2CCC(c3ccc(-c4ccc(OC)cc4)c(F)c3F)CC2)c(F)c1F. The Morgan fingerprint density at radius 2 is 1.53 bits per heavy atom. The van der Waals surface area contributed by atoms with Crippen molar-refractivity contribution in [2.75, 3.05) is 13.7 Å². The number of methoxy groups -OCH3 is 1. The molecule has 2 nitrogen and oxygen atoms in total. The standard InChI is InChI=1S/C30H30F4O2/c1-3-36-18-23-11-10-22(27(31)28(23)32)9-6-19-4-7-20(8-5-19)25-16-17-26(30(34)29(25)33)21-12-14-24(35-2)15-13-21/h6,9-17,19-20H,3-5,7-8,18H2,1-2H3/b9-6+. The minimum absolute atomic E-state index is 0.0332. The summed E-state index contributed by atoms with van der Waals surface area (Å²) in [4.78, 5) is 0. The molecule has 1 aliphatic carbocycles. The lowest BCUT2D eigenvalue weighted by Crippen LogP contribution is -2.13. The predicted octanol–water partition coefficient (Wildman–Crippen LogP) is 8.44. The molecule has 190 valence electrons. The van der Waals surface area contributed by atoms with Crippen molar-refractivity contribution in [2.24, 2.45) is 5.92 Å². The van der Waals surface area contributed by atoms with Crippen molar-refractivity contribution in [1.82, 2.24) is 0 Å². The second kappa shape index (κ2) is 11.7. The van der Waals surface area contributed by atoms with E-state index in [1.807, 2.05) is 6.08 Å². The average Bonchev–Trinajstić information content (AvgIpc) is 2.91. The van der Waals surface area contributed by atoms with Gasteiger partial charge in [0.25, 0.3) is 0 Å². The lowest BCUT2D eigenvalue weighted by molar-refractivity contribution is 0.131. The van der Waals surface area contributed by atoms with Crippen molar-refractivity contribution < 1.29 is 27.0 Å². The zero-order valence-electron chi connectivity index (χ0n) is 20.5. The molecule has 1 aliphatic rings. The van der Waals surface area contributed by atoms with Gasteiger partial charge in [-0.2, -0.15) is 0 Å². The maximum atomic E-state index is 15.0. The van der Waals surface area contributed by atoms with Gasteiger partial charge in [-0.1, -0.05) is 48.6 Å². The molecule has 0 N–H and O–H groups in total. The quantitative estimate of drug-likeness (QED) is 0.290. The summed E-state index contributed by atoms with van der Waals surface area (Å²) in [6.45, 7) is 2.25. The molecule has 3 aromatic rings. The van der Waals surface area contributed by atoms with Gasteiger partial charge in [0.1, 0.15) is 5.75 Å². The molecule has 4 rings (SSSR count). The van der Waals surface area contributed by atoms with Crippen molar-refractivity contribution in [3.05, 3.63) is 94.6 Å². The Hall–Kier alpha value is -3.12. The first-order valence-corrected chi connectivity index (χ1v) is 12.3. The Balaban J connectivity index is 1.41. The van der Waals surface area contributed by atoms with Crippen LogP contribution in [0, 0.1) is 29.2 Å². The average molecular weight is 499 g/mol. The Kier molecular flexibility index (Phi) is 8.47. The van der Waals surface area contributed by atoms with E-state index in [0.29, 0.717) is 36.3 Å². The molecule has 0 saturated heterocycles. The number of benzene rings is 3. The van der Waals surface area contributed by atoms with Crippen molar-refractivity contribution in [3.63, 3.8) is 0 Å². The molecule has 0 spiro atoms. The second-order valence-corrected chi connectivity index (χ2v) is 9.11. The maximum absolute atomic E-state index is 15.0. The van der Waals surface area contributed by atoms with Crippen molar-refractivity contribution in [1.29, 1.82) is 0 Å². The summed E-state index contributed by atoms with van der Waals surface area (Å²) in [5, 5.41) is 0. The molecule has 0 radical (unpaired) electrons. The van der Waals surface area contributed by atoms with Crippen LogP contribution in [0.4, 0.5) is 17.6 Å². The number of ether oxygens (including phenoxy) is 2. The lowest BCUT2D eigenvalue weighted by Gasteiger charge is -2.27. The third-order valence-corrected chi connectivity index (χ3v) is 6.93. The number of allylic oxidation sites excluding steroid dienone is 1. The van der Waals surface area contributed by atoms with Crippen LogP contribution < -0.4 is 4.74 Å². The van der Waals surface area contributed by atoms with Crippen molar-refractivity contribution in [2.45, 2.75) is 45.1 Å². The number of hydrogen-bond acceptors (Lipinski definition) is 2. The van der Waals surface area contributed by atoms with Gasteiger partial charge < -0.3 is 9.47 Å². The van der Waals surface area contributed by atoms with Gasteiger partial charge in [0.2, 0.25) is 0 Å². The van der Waals surface area contributed by atoms with E-state index < -0.39 is 23.3 Å². The van der Waals surface area contributed by atoms with Gasteiger partial charge in [0, 0.05) is 23.3 Å². The van der Waals surface area contributed by atoms with Crippen LogP contribution in [0.3, 0.4) is 0 Å². The third-order valence-electron chi connectivity index (χ3n) is 6.93. The number of halogens is 4. The number of rotatable bonds is 8. The molecular weight excluding hydrogens is 468 g/mol. The molecule has 0 unspecified atom stereocenters. The van der Waals surface area contributed by atoms with Crippen LogP contribution >= 0.6 is 0 Å². The van der Waals surface area contributed by atoms with E-state index in [9.17, 15) is 13.2 Å². The van der Waals surface area contributed by atoms with Gasteiger partial charge >= 0.3 is 0 Å². The van der Waals surface area contributed by atoms with Gasteiger partial charge in [-0.3, -0.25) is 0 Å². The summed E-state index contributed by atoms with van der Waals surface area (Å²) in [6.07, 6.45) is 6.40. The molecular formula is C30H30F4O2. The Labute approximate surface area is 209 Å². The summed E-state index contributed by atoms with van der Waals surface area (Å²) >= 11 is 0. The molecule has 0 aromatic heterocycles. The van der Waals surface area contributed by atoms with E-state index in [0.717, 1.165) is 12.8 Å². The Morgan fingerprint density at radius 1 is 0.806 bits per heavy atom. The Morgan fingerprint density at radius 3 is 2.19 bits per heavy atom. The van der Waals surface area contributed by atoms with Crippen molar-refractivity contribution >= 4 is 6.08 Å². The monoisotopic (exact) mass is 498 g/mol. The van der Waals surface area contributed by atoms with E-state index in [-0.39, 0.29) is 35.1 Å². The second-order valence-electron chi connectivity index (χ2n) is 9.11. The first-order valence-electron chi connectivity index (χ1n) is 12.3. The molecule has 1 fully saturated rings. The molecule has 0 aliphatic heterocycles. The topological polar surface area (TPSA) is 18.5 Å². The normalized spacial score (nSPS) is 18.1. The highest BCUT2D eigenvalue weighted by Gasteiger charge is 2.26. The summed E-state index contributed by atoms with van der Waals surface area (Å²) in [6, 6.07) is 13.2.